The summed E-state index contributed by atoms with van der Waals surface area (Å²) < 4.78 is 6.04. The van der Waals surface area contributed by atoms with Gasteiger partial charge in [0.15, 0.2) is 0 Å². The fourth-order valence-electron chi connectivity index (χ4n) is 3.35. The van der Waals surface area contributed by atoms with Gasteiger partial charge < -0.3 is 19.9 Å². The number of thiophene rings is 1. The van der Waals surface area contributed by atoms with Gasteiger partial charge in [-0.05, 0) is 52.3 Å². The number of hydrogen-bond acceptors (Lipinski definition) is 5. The molecule has 0 spiro atoms. The van der Waals surface area contributed by atoms with Crippen LogP contribution >= 0.6 is 27.3 Å². The van der Waals surface area contributed by atoms with Crippen LogP contribution in [0.5, 0.6) is 0 Å². The molecule has 2 saturated heterocycles. The highest BCUT2D eigenvalue weighted by atomic mass is 79.9. The zero-order valence-electron chi connectivity index (χ0n) is 14.9. The molecule has 0 unspecified atom stereocenters. The van der Waals surface area contributed by atoms with Crippen LogP contribution in [0.1, 0.15) is 16.1 Å². The van der Waals surface area contributed by atoms with Crippen molar-refractivity contribution < 1.29 is 19.1 Å². The highest BCUT2D eigenvalue weighted by Gasteiger charge is 2.32. The van der Waals surface area contributed by atoms with Crippen LogP contribution in [0.2, 0.25) is 0 Å². The van der Waals surface area contributed by atoms with E-state index in [0.29, 0.717) is 24.6 Å². The van der Waals surface area contributed by atoms with Crippen LogP contribution in [0.4, 0.5) is 11.4 Å². The van der Waals surface area contributed by atoms with Gasteiger partial charge in [-0.2, -0.15) is 0 Å². The van der Waals surface area contributed by atoms with E-state index in [1.807, 2.05) is 30.3 Å². The minimum absolute atomic E-state index is 0.0344. The summed E-state index contributed by atoms with van der Waals surface area (Å²) in [6.07, 6.45) is 0.266. The number of carbonyl (C=O) groups excluding carboxylic acids is 3. The fraction of sp³-hybridized carbons (Fsp3) is 0.316. The average molecular weight is 464 g/mol. The molecule has 1 aromatic carbocycles. The number of rotatable bonds is 4. The van der Waals surface area contributed by atoms with Gasteiger partial charge in [-0.15, -0.1) is 11.3 Å². The quantitative estimate of drug-likeness (QED) is 0.754. The minimum Gasteiger partial charge on any atom is -0.370 e. The van der Waals surface area contributed by atoms with E-state index in [-0.39, 0.29) is 36.8 Å². The predicted octanol–water partition coefficient (Wildman–Crippen LogP) is 2.41. The Morgan fingerprint density at radius 1 is 1.07 bits per heavy atom. The third-order valence-electron chi connectivity index (χ3n) is 4.72. The van der Waals surface area contributed by atoms with E-state index in [2.05, 4.69) is 21.2 Å². The Morgan fingerprint density at radius 3 is 2.43 bits per heavy atom. The van der Waals surface area contributed by atoms with Crippen molar-refractivity contribution in [2.75, 3.05) is 36.1 Å². The fourth-order valence-corrected chi connectivity index (χ4v) is 4.64. The van der Waals surface area contributed by atoms with Crippen LogP contribution in [-0.2, 0) is 14.3 Å². The molecule has 4 rings (SSSR count). The lowest BCUT2D eigenvalue weighted by Gasteiger charge is -2.27. The molecule has 1 aromatic heterocycles. The smallest absolute Gasteiger partial charge is 0.261 e. The molecule has 0 radical (unpaired) electrons. The van der Waals surface area contributed by atoms with Crippen LogP contribution < -0.4 is 15.1 Å². The van der Waals surface area contributed by atoms with Gasteiger partial charge in [0.05, 0.1) is 21.3 Å². The maximum absolute atomic E-state index is 12.4. The number of benzene rings is 1. The molecule has 0 saturated carbocycles. The number of ether oxygens (including phenoxy) is 1. The molecule has 7 nitrogen and oxygen atoms in total. The molecule has 2 fully saturated rings. The van der Waals surface area contributed by atoms with Gasteiger partial charge in [-0.1, -0.05) is 0 Å². The van der Waals surface area contributed by atoms with Crippen LogP contribution in [0.3, 0.4) is 0 Å². The highest BCUT2D eigenvalue weighted by Crippen LogP contribution is 2.26. The molecule has 9 heteroatoms. The van der Waals surface area contributed by atoms with Crippen LogP contribution in [0.15, 0.2) is 40.2 Å². The van der Waals surface area contributed by atoms with Gasteiger partial charge in [0.1, 0.15) is 6.61 Å². The maximum Gasteiger partial charge on any atom is 0.261 e. The van der Waals surface area contributed by atoms with Crippen molar-refractivity contribution in [3.63, 3.8) is 0 Å². The first kappa shape index (κ1) is 19.1. The predicted molar refractivity (Wildman–Crippen MR) is 110 cm³/mol. The van der Waals surface area contributed by atoms with Crippen LogP contribution in [-0.4, -0.2) is 50.1 Å². The maximum atomic E-state index is 12.4. The van der Waals surface area contributed by atoms with Crippen LogP contribution in [0.25, 0.3) is 0 Å². The second-order valence-corrected chi connectivity index (χ2v) is 9.06. The van der Waals surface area contributed by atoms with E-state index in [1.54, 1.807) is 15.9 Å². The molecule has 0 aliphatic carbocycles. The molecular weight excluding hydrogens is 446 g/mol. The summed E-state index contributed by atoms with van der Waals surface area (Å²) in [7, 11) is 0. The average Bonchev–Trinajstić information content (AvgIpc) is 3.28. The highest BCUT2D eigenvalue weighted by molar-refractivity contribution is 9.11. The Labute approximate surface area is 174 Å². The van der Waals surface area contributed by atoms with Gasteiger partial charge in [0.2, 0.25) is 5.91 Å². The lowest BCUT2D eigenvalue weighted by Crippen LogP contribution is -2.41. The van der Waals surface area contributed by atoms with E-state index in [0.717, 1.165) is 15.2 Å². The van der Waals surface area contributed by atoms with Gasteiger partial charge in [-0.3, -0.25) is 14.4 Å². The molecule has 0 bridgehead atoms. The molecular formula is C19H18BrN3O4S. The number of carbonyl (C=O) groups is 3. The molecule has 3 heterocycles. The molecule has 1 N–H and O–H groups in total. The largest absolute Gasteiger partial charge is 0.370 e. The summed E-state index contributed by atoms with van der Waals surface area (Å²) in [5.41, 5.74) is 1.54. The molecule has 1 atom stereocenters. The zero-order chi connectivity index (χ0) is 19.7. The first-order valence-electron chi connectivity index (χ1n) is 8.86. The summed E-state index contributed by atoms with van der Waals surface area (Å²) >= 11 is 4.70. The molecule has 3 amide bonds. The van der Waals surface area contributed by atoms with Gasteiger partial charge in [-0.25, -0.2) is 0 Å². The number of amides is 3. The summed E-state index contributed by atoms with van der Waals surface area (Å²) in [6, 6.07) is 10.7. The van der Waals surface area contributed by atoms with E-state index < -0.39 is 0 Å². The number of anilines is 2. The Morgan fingerprint density at radius 2 is 1.79 bits per heavy atom. The number of halogens is 1. The van der Waals surface area contributed by atoms with Gasteiger partial charge in [0.25, 0.3) is 11.8 Å². The zero-order valence-corrected chi connectivity index (χ0v) is 17.3. The van der Waals surface area contributed by atoms with Crippen LogP contribution in [0, 0.1) is 0 Å². The first-order chi connectivity index (χ1) is 13.5. The standard InChI is InChI=1S/C19H18BrN3O4S/c20-16-6-5-15(28-16)19(26)21-12-9-17(24)23(10-12)14-3-1-13(2-4-14)22-7-8-27-11-18(22)25/h1-6,12H,7-11H2,(H,21,26)/t12-/m1/s1. The van der Waals surface area contributed by atoms with Crippen molar-refractivity contribution in [2.45, 2.75) is 12.5 Å². The number of nitrogens with one attached hydrogen (secondary N) is 1. The third-order valence-corrected chi connectivity index (χ3v) is 6.34. The summed E-state index contributed by atoms with van der Waals surface area (Å²) in [5.74, 6) is -0.274. The Kier molecular flexibility index (Phi) is 5.47. The molecule has 2 aliphatic heterocycles. The second kappa shape index (κ2) is 8.02. The number of morpholine rings is 1. The van der Waals surface area contributed by atoms with Gasteiger partial charge in [0, 0.05) is 30.9 Å². The number of nitrogens with zero attached hydrogens (tertiary/aromatic N) is 2. The SMILES string of the molecule is O=C(N[C@@H]1CC(=O)N(c2ccc(N3CCOCC3=O)cc2)C1)c1ccc(Br)s1. The lowest BCUT2D eigenvalue weighted by molar-refractivity contribution is -0.125. The Balaban J connectivity index is 1.41. The first-order valence-corrected chi connectivity index (χ1v) is 10.5. The lowest BCUT2D eigenvalue weighted by atomic mass is 10.2. The van der Waals surface area contributed by atoms with Crippen molar-refractivity contribution in [3.05, 3.63) is 45.1 Å². The van der Waals surface area contributed by atoms with Crippen molar-refractivity contribution in [1.29, 1.82) is 0 Å². The third kappa shape index (κ3) is 3.96. The molecule has 2 aromatic rings. The van der Waals surface area contributed by atoms with Crippen molar-refractivity contribution >= 4 is 56.4 Å². The second-order valence-electron chi connectivity index (χ2n) is 6.60. The topological polar surface area (TPSA) is 79.0 Å². The molecule has 28 heavy (non-hydrogen) atoms. The van der Waals surface area contributed by atoms with E-state index >= 15 is 0 Å². The van der Waals surface area contributed by atoms with Crippen molar-refractivity contribution in [2.24, 2.45) is 0 Å². The monoisotopic (exact) mass is 463 g/mol. The summed E-state index contributed by atoms with van der Waals surface area (Å²) in [5, 5.41) is 2.93. The molecule has 2 aliphatic rings. The minimum atomic E-state index is -0.235. The normalized spacial score (nSPS) is 20.0. The number of hydrogen-bond donors (Lipinski definition) is 1. The van der Waals surface area contributed by atoms with E-state index in [1.165, 1.54) is 11.3 Å². The summed E-state index contributed by atoms with van der Waals surface area (Å²) in [6.45, 7) is 1.55. The van der Waals surface area contributed by atoms with Crippen molar-refractivity contribution in [1.82, 2.24) is 5.32 Å². The Hall–Kier alpha value is -2.23. The van der Waals surface area contributed by atoms with E-state index in [4.69, 9.17) is 4.74 Å². The Bertz CT molecular complexity index is 914. The summed E-state index contributed by atoms with van der Waals surface area (Å²) in [4.78, 5) is 40.7. The van der Waals surface area contributed by atoms with Gasteiger partial charge >= 0.3 is 0 Å². The van der Waals surface area contributed by atoms with E-state index in [9.17, 15) is 14.4 Å². The molecule has 146 valence electrons. The van der Waals surface area contributed by atoms with Crippen molar-refractivity contribution in [3.8, 4) is 0 Å².